The van der Waals surface area contributed by atoms with Gasteiger partial charge in [0.2, 0.25) is 11.8 Å². The third-order valence-corrected chi connectivity index (χ3v) is 8.99. The summed E-state index contributed by atoms with van der Waals surface area (Å²) in [6, 6.07) is -0.291. The minimum atomic E-state index is -3.91. The number of carbonyl (C=O) groups excluding carboxylic acids is 1. The van der Waals surface area contributed by atoms with Crippen LogP contribution in [0.15, 0.2) is 6.33 Å². The lowest BCUT2D eigenvalue weighted by molar-refractivity contribution is -0.119. The van der Waals surface area contributed by atoms with E-state index in [1.807, 2.05) is 0 Å². The average Bonchev–Trinajstić information content (AvgIpc) is 3.37. The van der Waals surface area contributed by atoms with Crippen molar-refractivity contribution in [1.29, 1.82) is 0 Å². The van der Waals surface area contributed by atoms with Crippen molar-refractivity contribution >= 4 is 41.7 Å². The number of nitrogen functional groups attached to an aromatic ring is 1. The maximum atomic E-state index is 13.4. The van der Waals surface area contributed by atoms with E-state index in [0.29, 0.717) is 0 Å². The van der Waals surface area contributed by atoms with Crippen molar-refractivity contribution in [2.75, 3.05) is 38.4 Å². The molecule has 1 saturated heterocycles. The van der Waals surface area contributed by atoms with E-state index in [-0.39, 0.29) is 53.1 Å². The van der Waals surface area contributed by atoms with Crippen LogP contribution in [-0.2, 0) is 23.1 Å². The van der Waals surface area contributed by atoms with E-state index in [1.54, 1.807) is 27.7 Å². The highest BCUT2D eigenvalue weighted by atomic mass is 32.2. The summed E-state index contributed by atoms with van der Waals surface area (Å²) in [5.74, 6) is 0.223. The quantitative estimate of drug-likeness (QED) is 0.161. The fraction of sp³-hybridized carbons (Fsp3) is 0.727. The van der Waals surface area contributed by atoms with E-state index >= 15 is 0 Å². The van der Waals surface area contributed by atoms with Crippen LogP contribution in [0.2, 0.25) is 0 Å². The SMILES string of the molecule is COc1nc(N)nc2c1ncn2C1O[C@H](COP(=O)(NC(C)C)OCCSC(=O)C(C)(C)CO)C(O)[C@]1(C)O. The molecule has 15 nitrogen and oxygen atoms in total. The smallest absolute Gasteiger partial charge is 0.405 e. The Balaban J connectivity index is 1.71. The van der Waals surface area contributed by atoms with E-state index in [1.165, 1.54) is 24.9 Å². The molecule has 0 amide bonds. The number of rotatable bonds is 13. The van der Waals surface area contributed by atoms with Crippen molar-refractivity contribution in [3.05, 3.63) is 6.33 Å². The fourth-order valence-electron chi connectivity index (χ4n) is 3.75. The number of fused-ring (bicyclic) bond motifs is 1. The van der Waals surface area contributed by atoms with Crippen LogP contribution in [0.1, 0.15) is 40.8 Å². The zero-order valence-electron chi connectivity index (χ0n) is 22.7. The minimum absolute atomic E-state index is 0.0863. The molecule has 0 spiro atoms. The number of imidazole rings is 1. The third kappa shape index (κ3) is 7.07. The molecule has 220 valence electrons. The summed E-state index contributed by atoms with van der Waals surface area (Å²) in [6.45, 7) is 7.32. The molecule has 2 aromatic heterocycles. The molecule has 17 heteroatoms. The zero-order chi connectivity index (χ0) is 29.2. The number of nitrogens with zero attached hydrogens (tertiary/aromatic N) is 4. The topological polar surface area (TPSA) is 213 Å². The van der Waals surface area contributed by atoms with Crippen molar-refractivity contribution in [3.63, 3.8) is 0 Å². The van der Waals surface area contributed by atoms with Crippen LogP contribution in [0.5, 0.6) is 5.88 Å². The predicted molar refractivity (Wildman–Crippen MR) is 143 cm³/mol. The van der Waals surface area contributed by atoms with Gasteiger partial charge in [0.15, 0.2) is 22.5 Å². The number of aliphatic hydroxyl groups excluding tert-OH is 2. The Labute approximate surface area is 230 Å². The van der Waals surface area contributed by atoms with Gasteiger partial charge in [0, 0.05) is 11.8 Å². The van der Waals surface area contributed by atoms with E-state index in [4.69, 9.17) is 24.3 Å². The molecule has 0 aromatic carbocycles. The lowest BCUT2D eigenvalue weighted by atomic mass is 9.96. The minimum Gasteiger partial charge on any atom is -0.479 e. The summed E-state index contributed by atoms with van der Waals surface area (Å²) < 4.78 is 37.0. The average molecular weight is 593 g/mol. The summed E-state index contributed by atoms with van der Waals surface area (Å²) >= 11 is 0.951. The number of nitrogens with one attached hydrogen (secondary N) is 1. The van der Waals surface area contributed by atoms with Crippen LogP contribution < -0.4 is 15.6 Å². The van der Waals surface area contributed by atoms with Crippen molar-refractivity contribution < 1.29 is 43.2 Å². The molecule has 0 radical (unpaired) electrons. The molecule has 3 rings (SSSR count). The number of aliphatic hydroxyl groups is 3. The van der Waals surface area contributed by atoms with E-state index < -0.39 is 43.8 Å². The van der Waals surface area contributed by atoms with Gasteiger partial charge in [-0.05, 0) is 34.6 Å². The molecule has 39 heavy (non-hydrogen) atoms. The van der Waals surface area contributed by atoms with Gasteiger partial charge in [-0.3, -0.25) is 18.4 Å². The Morgan fingerprint density at radius 3 is 2.69 bits per heavy atom. The van der Waals surface area contributed by atoms with E-state index in [0.717, 1.165) is 11.8 Å². The molecular formula is C22H37N6O9PS. The monoisotopic (exact) mass is 592 g/mol. The normalized spacial score (nSPS) is 25.3. The van der Waals surface area contributed by atoms with Crippen molar-refractivity contribution in [1.82, 2.24) is 24.6 Å². The Kier molecular flexibility index (Phi) is 10.0. The number of nitrogens with two attached hydrogens (primary N) is 1. The number of hydrogen-bond donors (Lipinski definition) is 5. The van der Waals surface area contributed by atoms with Gasteiger partial charge >= 0.3 is 7.75 Å². The van der Waals surface area contributed by atoms with Crippen LogP contribution in [0, 0.1) is 5.41 Å². The van der Waals surface area contributed by atoms with Crippen LogP contribution >= 0.6 is 19.5 Å². The van der Waals surface area contributed by atoms with Gasteiger partial charge in [0.05, 0.1) is 38.7 Å². The molecule has 5 atom stereocenters. The summed E-state index contributed by atoms with van der Waals surface area (Å²) in [7, 11) is -2.51. The molecule has 6 N–H and O–H groups in total. The second-order valence-corrected chi connectivity index (χ2v) is 13.0. The van der Waals surface area contributed by atoms with Gasteiger partial charge in [-0.25, -0.2) is 14.6 Å². The summed E-state index contributed by atoms with van der Waals surface area (Å²) in [6.07, 6.45) is -2.39. The first-order valence-corrected chi connectivity index (χ1v) is 14.7. The van der Waals surface area contributed by atoms with Crippen LogP contribution in [-0.4, -0.2) is 96.5 Å². The van der Waals surface area contributed by atoms with Gasteiger partial charge in [-0.1, -0.05) is 11.8 Å². The van der Waals surface area contributed by atoms with Gasteiger partial charge in [-0.2, -0.15) is 9.97 Å². The maximum absolute atomic E-state index is 13.4. The predicted octanol–water partition coefficient (Wildman–Crippen LogP) is 0.844. The van der Waals surface area contributed by atoms with Crippen LogP contribution in [0.25, 0.3) is 11.2 Å². The highest BCUT2D eigenvalue weighted by Crippen LogP contribution is 2.47. The molecule has 3 unspecified atom stereocenters. The van der Waals surface area contributed by atoms with E-state index in [9.17, 15) is 24.7 Å². The highest BCUT2D eigenvalue weighted by Gasteiger charge is 2.54. The second-order valence-electron chi connectivity index (χ2n) is 10.2. The van der Waals surface area contributed by atoms with Crippen molar-refractivity contribution in [2.45, 2.75) is 64.7 Å². The molecular weight excluding hydrogens is 555 g/mol. The van der Waals surface area contributed by atoms with Crippen molar-refractivity contribution in [2.24, 2.45) is 5.41 Å². The maximum Gasteiger partial charge on any atom is 0.405 e. The van der Waals surface area contributed by atoms with Crippen LogP contribution in [0.3, 0.4) is 0 Å². The Morgan fingerprint density at radius 1 is 1.38 bits per heavy atom. The second kappa shape index (κ2) is 12.3. The largest absolute Gasteiger partial charge is 0.479 e. The number of anilines is 1. The Morgan fingerprint density at radius 2 is 2.08 bits per heavy atom. The number of aromatic nitrogens is 4. The molecule has 3 heterocycles. The van der Waals surface area contributed by atoms with Crippen molar-refractivity contribution in [3.8, 4) is 5.88 Å². The summed E-state index contributed by atoms with van der Waals surface area (Å²) in [4.78, 5) is 24.6. The first-order chi connectivity index (χ1) is 18.1. The lowest BCUT2D eigenvalue weighted by Crippen LogP contribution is -2.44. The molecule has 2 aromatic rings. The molecule has 1 fully saturated rings. The van der Waals surface area contributed by atoms with Gasteiger partial charge in [-0.15, -0.1) is 0 Å². The highest BCUT2D eigenvalue weighted by molar-refractivity contribution is 8.13. The molecule has 0 saturated carbocycles. The summed E-state index contributed by atoms with van der Waals surface area (Å²) in [5.41, 5.74) is 3.53. The number of carbonyl (C=O) groups is 1. The molecule has 1 aliphatic rings. The van der Waals surface area contributed by atoms with Crippen LogP contribution in [0.4, 0.5) is 5.95 Å². The third-order valence-electron chi connectivity index (χ3n) is 5.96. The van der Waals surface area contributed by atoms with Gasteiger partial charge in [0.25, 0.3) is 0 Å². The van der Waals surface area contributed by atoms with Gasteiger partial charge < -0.3 is 30.5 Å². The zero-order valence-corrected chi connectivity index (χ0v) is 24.4. The number of ether oxygens (including phenoxy) is 2. The Bertz CT molecular complexity index is 1210. The number of thioether (sulfide) groups is 1. The molecule has 0 aliphatic carbocycles. The Hall–Kier alpha value is -1.88. The standard InChI is InChI=1S/C22H37N6O9PS/c1-12(2)27-38(33,35-7-8-39-19(31)21(3,4)10-29)36-9-13-15(30)22(5,32)18(37-13)28-11-24-14-16(28)25-20(23)26-17(14)34-6/h11-13,15,18,29-30,32H,7-10H2,1-6H3,(H,27,33)(H2,23,25,26)/t13-,15?,18?,22+,38?/m1/s1. The first-order valence-electron chi connectivity index (χ1n) is 12.2. The lowest BCUT2D eigenvalue weighted by Gasteiger charge is -2.27. The molecule has 1 aliphatic heterocycles. The van der Waals surface area contributed by atoms with Gasteiger partial charge in [0.1, 0.15) is 17.8 Å². The number of methoxy groups -OCH3 is 1. The molecule has 0 bridgehead atoms. The van der Waals surface area contributed by atoms with E-state index in [2.05, 4.69) is 20.0 Å². The summed E-state index contributed by atoms with van der Waals surface area (Å²) in [5, 5.41) is 33.9. The number of hydrogen-bond acceptors (Lipinski definition) is 14. The first kappa shape index (κ1) is 31.6. The fourth-order valence-corrected chi connectivity index (χ4v) is 6.21.